The van der Waals surface area contributed by atoms with Gasteiger partial charge in [0.05, 0.1) is 6.10 Å². The molecule has 0 unspecified atom stereocenters. The molecule has 20 heavy (non-hydrogen) atoms. The Balaban J connectivity index is -0.0000000488. The van der Waals surface area contributed by atoms with E-state index in [-0.39, 0.29) is 6.10 Å². The summed E-state index contributed by atoms with van der Waals surface area (Å²) in [5, 5.41) is 8.67. The summed E-state index contributed by atoms with van der Waals surface area (Å²) in [5.41, 5.74) is 0. The smallest absolute Gasteiger partial charge is 0.0535 e. The molecule has 0 spiro atoms. The minimum absolute atomic E-state index is 0.0648. The molecular formula is C19H48O. The van der Waals surface area contributed by atoms with E-state index in [1.54, 1.807) is 0 Å². The van der Waals surface area contributed by atoms with Gasteiger partial charge in [-0.1, -0.05) is 108 Å². The first kappa shape index (κ1) is 32.1. The van der Waals surface area contributed by atoms with Gasteiger partial charge in [0.1, 0.15) is 0 Å². The van der Waals surface area contributed by atoms with Crippen molar-refractivity contribution < 1.29 is 5.11 Å². The molecule has 0 bridgehead atoms. The number of hydrogen-bond acceptors (Lipinski definition) is 1. The molecular weight excluding hydrogens is 244 g/mol. The van der Waals surface area contributed by atoms with E-state index >= 15 is 0 Å². The van der Waals surface area contributed by atoms with Crippen LogP contribution in [-0.2, 0) is 0 Å². The molecule has 0 heterocycles. The van der Waals surface area contributed by atoms with E-state index in [2.05, 4.69) is 55.4 Å². The summed E-state index contributed by atoms with van der Waals surface area (Å²) in [6.45, 7) is 21.1. The molecule has 1 nitrogen and oxygen atoms in total. The van der Waals surface area contributed by atoms with Crippen molar-refractivity contribution in [2.45, 2.75) is 127 Å². The Kier molecular flexibility index (Phi) is 81.6. The number of hydrogen-bond donors (Lipinski definition) is 1. The molecule has 1 heteroatoms. The molecule has 130 valence electrons. The van der Waals surface area contributed by atoms with Crippen LogP contribution in [0.4, 0.5) is 0 Å². The Labute approximate surface area is 132 Å². The lowest BCUT2D eigenvalue weighted by molar-refractivity contribution is 0.166. The van der Waals surface area contributed by atoms with Gasteiger partial charge in [-0.2, -0.15) is 0 Å². The van der Waals surface area contributed by atoms with Crippen molar-refractivity contribution in [3.8, 4) is 0 Å². The van der Waals surface area contributed by atoms with Gasteiger partial charge in [0.15, 0.2) is 0 Å². The maximum Gasteiger partial charge on any atom is 0.0535 e. The predicted octanol–water partition coefficient (Wildman–Crippen LogP) is 7.61. The van der Waals surface area contributed by atoms with Crippen LogP contribution in [0.2, 0.25) is 0 Å². The highest BCUT2D eigenvalue weighted by Crippen LogP contribution is 1.92. The zero-order chi connectivity index (χ0) is 17.2. The van der Waals surface area contributed by atoms with Crippen LogP contribution in [0.1, 0.15) is 121 Å². The molecule has 0 radical (unpaired) electrons. The first-order chi connectivity index (χ1) is 9.46. The molecule has 0 aliphatic rings. The molecule has 0 amide bonds. The summed E-state index contributed by atoms with van der Waals surface area (Å²) in [7, 11) is 0. The second-order valence-corrected chi connectivity index (χ2v) is 4.95. The van der Waals surface area contributed by atoms with Crippen LogP contribution in [-0.4, -0.2) is 11.2 Å². The average molecular weight is 293 g/mol. The van der Waals surface area contributed by atoms with Crippen LogP contribution < -0.4 is 0 Å². The lowest BCUT2D eigenvalue weighted by atomic mass is 10.2. The maximum absolute atomic E-state index is 8.67. The summed E-state index contributed by atoms with van der Waals surface area (Å²) in [4.78, 5) is 0. The van der Waals surface area contributed by atoms with Gasteiger partial charge >= 0.3 is 0 Å². The standard InChI is InChI=1S/C5H12O.C5H12.3C3H8/c1-3-5(6)4-2;1-3-5-4-2;3*1-3-2/h5-6H,3-4H2,1-2H3;3-5H2,1-2H3;3*3H2,1-2H3. The molecule has 0 aliphatic heterocycles. The number of unbranched alkanes of at least 4 members (excludes halogenated alkanes) is 2. The summed E-state index contributed by atoms with van der Waals surface area (Å²) >= 11 is 0. The van der Waals surface area contributed by atoms with Crippen molar-refractivity contribution in [1.82, 2.24) is 0 Å². The Morgan fingerprint density at radius 2 is 0.750 bits per heavy atom. The maximum atomic E-state index is 8.67. The van der Waals surface area contributed by atoms with Crippen LogP contribution in [0.15, 0.2) is 0 Å². The summed E-state index contributed by atoms with van der Waals surface area (Å²) in [6, 6.07) is 0. The minimum atomic E-state index is -0.0648. The fraction of sp³-hybridized carbons (Fsp3) is 1.00. The average Bonchev–Trinajstić information content (AvgIpc) is 2.42. The molecule has 0 rings (SSSR count). The van der Waals surface area contributed by atoms with Crippen LogP contribution >= 0.6 is 0 Å². The number of aliphatic hydroxyl groups excluding tert-OH is 1. The summed E-state index contributed by atoms with van der Waals surface area (Å²) in [5.74, 6) is 0. The van der Waals surface area contributed by atoms with Gasteiger partial charge in [-0.3, -0.25) is 0 Å². The third-order valence-corrected chi connectivity index (χ3v) is 1.65. The fourth-order valence-corrected chi connectivity index (χ4v) is 0.642. The van der Waals surface area contributed by atoms with E-state index in [0.717, 1.165) is 12.8 Å². The van der Waals surface area contributed by atoms with Crippen LogP contribution in [0, 0.1) is 0 Å². The van der Waals surface area contributed by atoms with Crippen molar-refractivity contribution in [2.24, 2.45) is 0 Å². The molecule has 0 aromatic carbocycles. The van der Waals surface area contributed by atoms with Crippen molar-refractivity contribution in [3.05, 3.63) is 0 Å². The third kappa shape index (κ3) is 145. The molecule has 0 aliphatic carbocycles. The minimum Gasteiger partial charge on any atom is -0.393 e. The Hall–Kier alpha value is -0.0400. The quantitative estimate of drug-likeness (QED) is 0.565. The molecule has 0 atom stereocenters. The predicted molar refractivity (Wildman–Crippen MR) is 99.7 cm³/mol. The second-order valence-electron chi connectivity index (χ2n) is 4.95. The third-order valence-electron chi connectivity index (χ3n) is 1.65. The van der Waals surface area contributed by atoms with Crippen molar-refractivity contribution >= 4 is 0 Å². The van der Waals surface area contributed by atoms with E-state index in [9.17, 15) is 0 Å². The summed E-state index contributed by atoms with van der Waals surface area (Å²) in [6.07, 6.45) is 9.53. The molecule has 0 aromatic heterocycles. The van der Waals surface area contributed by atoms with E-state index < -0.39 is 0 Å². The van der Waals surface area contributed by atoms with Crippen LogP contribution in [0.5, 0.6) is 0 Å². The Morgan fingerprint density at radius 3 is 0.750 bits per heavy atom. The number of aliphatic hydroxyl groups is 1. The summed E-state index contributed by atoms with van der Waals surface area (Å²) < 4.78 is 0. The van der Waals surface area contributed by atoms with Gasteiger partial charge in [0, 0.05) is 0 Å². The highest BCUT2D eigenvalue weighted by atomic mass is 16.3. The van der Waals surface area contributed by atoms with E-state index in [4.69, 9.17) is 5.11 Å². The lowest BCUT2D eigenvalue weighted by Crippen LogP contribution is -1.99. The Morgan fingerprint density at radius 1 is 0.550 bits per heavy atom. The zero-order valence-corrected chi connectivity index (χ0v) is 16.7. The van der Waals surface area contributed by atoms with Crippen molar-refractivity contribution in [2.75, 3.05) is 0 Å². The Bertz CT molecular complexity index is 71.1. The van der Waals surface area contributed by atoms with Crippen LogP contribution in [0.25, 0.3) is 0 Å². The van der Waals surface area contributed by atoms with Crippen molar-refractivity contribution in [3.63, 3.8) is 0 Å². The molecule has 0 aromatic rings. The normalized spacial score (nSPS) is 7.80. The van der Waals surface area contributed by atoms with E-state index in [0.29, 0.717) is 0 Å². The van der Waals surface area contributed by atoms with Gasteiger partial charge in [0.25, 0.3) is 0 Å². The SMILES string of the molecule is CCC.CCC.CCC.CCC(O)CC.CCCCC. The molecule has 0 saturated heterocycles. The van der Waals surface area contributed by atoms with Gasteiger partial charge in [0.2, 0.25) is 0 Å². The largest absolute Gasteiger partial charge is 0.393 e. The van der Waals surface area contributed by atoms with Crippen molar-refractivity contribution in [1.29, 1.82) is 0 Å². The zero-order valence-electron chi connectivity index (χ0n) is 16.7. The first-order valence-electron chi connectivity index (χ1n) is 9.15. The number of rotatable bonds is 4. The topological polar surface area (TPSA) is 20.2 Å². The molecule has 0 saturated carbocycles. The van der Waals surface area contributed by atoms with Gasteiger partial charge < -0.3 is 5.11 Å². The van der Waals surface area contributed by atoms with Gasteiger partial charge in [-0.25, -0.2) is 0 Å². The van der Waals surface area contributed by atoms with E-state index in [1.165, 1.54) is 38.5 Å². The fourth-order valence-electron chi connectivity index (χ4n) is 0.642. The van der Waals surface area contributed by atoms with Gasteiger partial charge in [-0.15, -0.1) is 0 Å². The van der Waals surface area contributed by atoms with Crippen LogP contribution in [0.3, 0.4) is 0 Å². The van der Waals surface area contributed by atoms with Gasteiger partial charge in [-0.05, 0) is 12.8 Å². The molecule has 0 fully saturated rings. The molecule has 1 N–H and O–H groups in total. The second kappa shape index (κ2) is 50.9. The monoisotopic (exact) mass is 292 g/mol. The highest BCUT2D eigenvalue weighted by Gasteiger charge is 1.90. The highest BCUT2D eigenvalue weighted by molar-refractivity contribution is 4.43. The lowest BCUT2D eigenvalue weighted by Gasteiger charge is -1.98. The van der Waals surface area contributed by atoms with E-state index in [1.807, 2.05) is 13.8 Å². The first-order valence-corrected chi connectivity index (χ1v) is 9.15.